The summed E-state index contributed by atoms with van der Waals surface area (Å²) in [7, 11) is 1.54. The van der Waals surface area contributed by atoms with Crippen LogP contribution in [0.15, 0.2) is 65.7 Å². The SMILES string of the molecule is COc1cn(-c2ccccc2)nc1C(=O)Nc1ccc(SC2CCCC2)cc1. The molecule has 1 aliphatic rings. The summed E-state index contributed by atoms with van der Waals surface area (Å²) < 4.78 is 7.00. The van der Waals surface area contributed by atoms with Crippen LogP contribution < -0.4 is 10.1 Å². The number of carbonyl (C=O) groups excluding carboxylic acids is 1. The number of aromatic nitrogens is 2. The number of anilines is 1. The molecular formula is C22H23N3O2S. The Bertz CT molecular complexity index is 932. The zero-order valence-corrected chi connectivity index (χ0v) is 16.6. The molecule has 1 saturated carbocycles. The average Bonchev–Trinajstić information content (AvgIpc) is 3.40. The van der Waals surface area contributed by atoms with Gasteiger partial charge in [-0.05, 0) is 49.2 Å². The molecule has 0 unspecified atom stereocenters. The smallest absolute Gasteiger partial charge is 0.280 e. The van der Waals surface area contributed by atoms with Crippen LogP contribution in [0.3, 0.4) is 0 Å². The first-order valence-electron chi connectivity index (χ1n) is 9.50. The minimum Gasteiger partial charge on any atom is -0.493 e. The fourth-order valence-electron chi connectivity index (χ4n) is 3.38. The van der Waals surface area contributed by atoms with Crippen molar-refractivity contribution in [3.05, 3.63) is 66.5 Å². The van der Waals surface area contributed by atoms with Gasteiger partial charge in [0.2, 0.25) is 0 Å². The molecule has 1 fully saturated rings. The van der Waals surface area contributed by atoms with Gasteiger partial charge >= 0.3 is 0 Å². The molecule has 0 spiro atoms. The van der Waals surface area contributed by atoms with E-state index in [4.69, 9.17) is 4.74 Å². The second-order valence-corrected chi connectivity index (χ2v) is 8.20. The Morgan fingerprint density at radius 3 is 2.50 bits per heavy atom. The van der Waals surface area contributed by atoms with Gasteiger partial charge in [-0.15, -0.1) is 11.8 Å². The summed E-state index contributed by atoms with van der Waals surface area (Å²) in [6.45, 7) is 0. The van der Waals surface area contributed by atoms with Crippen molar-refractivity contribution in [2.24, 2.45) is 0 Å². The van der Waals surface area contributed by atoms with E-state index in [0.717, 1.165) is 16.6 Å². The van der Waals surface area contributed by atoms with Gasteiger partial charge in [0.25, 0.3) is 5.91 Å². The van der Waals surface area contributed by atoms with Crippen LogP contribution in [0.2, 0.25) is 0 Å². The molecule has 144 valence electrons. The van der Waals surface area contributed by atoms with Crippen LogP contribution in [-0.2, 0) is 0 Å². The van der Waals surface area contributed by atoms with Crippen LogP contribution in [0.1, 0.15) is 36.2 Å². The lowest BCUT2D eigenvalue weighted by Crippen LogP contribution is -2.14. The number of hydrogen-bond donors (Lipinski definition) is 1. The van der Waals surface area contributed by atoms with Crippen molar-refractivity contribution >= 4 is 23.4 Å². The Morgan fingerprint density at radius 1 is 1.11 bits per heavy atom. The summed E-state index contributed by atoms with van der Waals surface area (Å²) >= 11 is 1.93. The highest BCUT2D eigenvalue weighted by Crippen LogP contribution is 2.35. The van der Waals surface area contributed by atoms with Gasteiger partial charge in [0.15, 0.2) is 11.4 Å². The van der Waals surface area contributed by atoms with Gasteiger partial charge in [0.05, 0.1) is 19.0 Å². The second-order valence-electron chi connectivity index (χ2n) is 6.83. The molecule has 5 nitrogen and oxygen atoms in total. The molecule has 6 heteroatoms. The number of hydrogen-bond acceptors (Lipinski definition) is 4. The van der Waals surface area contributed by atoms with E-state index in [-0.39, 0.29) is 11.6 Å². The van der Waals surface area contributed by atoms with Crippen LogP contribution in [-0.4, -0.2) is 28.0 Å². The summed E-state index contributed by atoms with van der Waals surface area (Å²) in [6, 6.07) is 17.7. The highest BCUT2D eigenvalue weighted by atomic mass is 32.2. The van der Waals surface area contributed by atoms with Gasteiger partial charge in [-0.2, -0.15) is 5.10 Å². The normalized spacial score (nSPS) is 14.2. The zero-order valence-electron chi connectivity index (χ0n) is 15.8. The molecule has 0 radical (unpaired) electrons. The topological polar surface area (TPSA) is 56.2 Å². The number of nitrogens with zero attached hydrogens (tertiary/aromatic N) is 2. The average molecular weight is 394 g/mol. The van der Waals surface area contributed by atoms with Crippen LogP contribution in [0.4, 0.5) is 5.69 Å². The van der Waals surface area contributed by atoms with Crippen molar-refractivity contribution < 1.29 is 9.53 Å². The molecular weight excluding hydrogens is 370 g/mol. The molecule has 1 amide bonds. The van der Waals surface area contributed by atoms with E-state index in [9.17, 15) is 4.79 Å². The van der Waals surface area contributed by atoms with Gasteiger partial charge in [-0.3, -0.25) is 4.79 Å². The molecule has 3 aromatic rings. The number of amides is 1. The maximum atomic E-state index is 12.7. The van der Waals surface area contributed by atoms with Crippen molar-refractivity contribution in [1.82, 2.24) is 9.78 Å². The summed E-state index contributed by atoms with van der Waals surface area (Å²) in [5.41, 5.74) is 1.88. The fraction of sp³-hybridized carbons (Fsp3) is 0.273. The van der Waals surface area contributed by atoms with Crippen molar-refractivity contribution in [1.29, 1.82) is 0 Å². The Labute approximate surface area is 169 Å². The molecule has 1 aliphatic carbocycles. The first kappa shape index (κ1) is 18.6. The van der Waals surface area contributed by atoms with E-state index in [1.165, 1.54) is 37.7 Å². The molecule has 1 N–H and O–H groups in total. The molecule has 0 saturated heterocycles. The van der Waals surface area contributed by atoms with Gasteiger partial charge in [0.1, 0.15) is 0 Å². The van der Waals surface area contributed by atoms with Crippen molar-refractivity contribution in [2.75, 3.05) is 12.4 Å². The van der Waals surface area contributed by atoms with Crippen molar-refractivity contribution in [3.8, 4) is 11.4 Å². The first-order chi connectivity index (χ1) is 13.7. The number of para-hydroxylation sites is 1. The predicted octanol–water partition coefficient (Wildman–Crippen LogP) is 5.17. The van der Waals surface area contributed by atoms with Gasteiger partial charge < -0.3 is 10.1 Å². The van der Waals surface area contributed by atoms with Crippen LogP contribution in [0.25, 0.3) is 5.69 Å². The quantitative estimate of drug-likeness (QED) is 0.628. The fourth-order valence-corrected chi connectivity index (χ4v) is 4.63. The summed E-state index contributed by atoms with van der Waals surface area (Å²) in [5.74, 6) is 0.150. The minimum absolute atomic E-state index is 0.260. The maximum Gasteiger partial charge on any atom is 0.280 e. The lowest BCUT2D eigenvalue weighted by molar-refractivity contribution is 0.101. The van der Waals surface area contributed by atoms with E-state index < -0.39 is 0 Å². The largest absolute Gasteiger partial charge is 0.493 e. The van der Waals surface area contributed by atoms with E-state index in [1.807, 2.05) is 54.2 Å². The van der Waals surface area contributed by atoms with Gasteiger partial charge in [0, 0.05) is 15.8 Å². The number of benzene rings is 2. The summed E-state index contributed by atoms with van der Waals surface area (Å²) in [6.07, 6.45) is 6.98. The lowest BCUT2D eigenvalue weighted by atomic mass is 10.3. The third-order valence-electron chi connectivity index (χ3n) is 4.85. The molecule has 1 aromatic heterocycles. The molecule has 4 rings (SSSR count). The van der Waals surface area contributed by atoms with E-state index >= 15 is 0 Å². The number of nitrogens with one attached hydrogen (secondary N) is 1. The third-order valence-corrected chi connectivity index (χ3v) is 6.20. The first-order valence-corrected chi connectivity index (χ1v) is 10.4. The Kier molecular flexibility index (Phi) is 5.67. The minimum atomic E-state index is -0.289. The molecule has 0 atom stereocenters. The molecule has 0 bridgehead atoms. The van der Waals surface area contributed by atoms with Crippen LogP contribution in [0, 0.1) is 0 Å². The van der Waals surface area contributed by atoms with E-state index in [2.05, 4.69) is 22.5 Å². The predicted molar refractivity (Wildman–Crippen MR) is 113 cm³/mol. The van der Waals surface area contributed by atoms with E-state index in [0.29, 0.717) is 5.75 Å². The Morgan fingerprint density at radius 2 is 1.82 bits per heavy atom. The van der Waals surface area contributed by atoms with Crippen molar-refractivity contribution in [3.63, 3.8) is 0 Å². The lowest BCUT2D eigenvalue weighted by Gasteiger charge is -2.09. The summed E-state index contributed by atoms with van der Waals surface area (Å²) in [4.78, 5) is 14.0. The van der Waals surface area contributed by atoms with Crippen LogP contribution in [0.5, 0.6) is 5.75 Å². The second kappa shape index (κ2) is 8.52. The highest BCUT2D eigenvalue weighted by molar-refractivity contribution is 8.00. The zero-order chi connectivity index (χ0) is 19.3. The maximum absolute atomic E-state index is 12.7. The van der Waals surface area contributed by atoms with Crippen LogP contribution >= 0.6 is 11.8 Å². The Balaban J connectivity index is 1.46. The molecule has 1 heterocycles. The molecule has 2 aromatic carbocycles. The monoisotopic (exact) mass is 393 g/mol. The van der Waals surface area contributed by atoms with Gasteiger partial charge in [-0.1, -0.05) is 31.0 Å². The number of methoxy groups -OCH3 is 1. The Hall–Kier alpha value is -2.73. The van der Waals surface area contributed by atoms with E-state index in [1.54, 1.807) is 10.9 Å². The standard InChI is InChI=1S/C22H23N3O2S/c1-27-20-15-25(17-7-3-2-4-8-17)24-21(20)22(26)23-16-11-13-19(14-12-16)28-18-9-5-6-10-18/h2-4,7-8,11-15,18H,5-6,9-10H2,1H3,(H,23,26). The number of rotatable bonds is 6. The third kappa shape index (κ3) is 4.22. The number of thioether (sulfide) groups is 1. The van der Waals surface area contributed by atoms with Gasteiger partial charge in [-0.25, -0.2) is 4.68 Å². The van der Waals surface area contributed by atoms with Crippen molar-refractivity contribution in [2.45, 2.75) is 35.8 Å². The highest BCUT2D eigenvalue weighted by Gasteiger charge is 2.19. The number of carbonyl (C=O) groups is 1. The summed E-state index contributed by atoms with van der Waals surface area (Å²) in [5, 5.41) is 8.05. The number of ether oxygens (including phenoxy) is 1. The molecule has 0 aliphatic heterocycles. The molecule has 28 heavy (non-hydrogen) atoms.